The molecule has 0 aliphatic carbocycles. The highest BCUT2D eigenvalue weighted by atomic mass is 79.9. The number of nitrogen functional groups attached to an aromatic ring is 1. The lowest BCUT2D eigenvalue weighted by molar-refractivity contribution is 0.192. The van der Waals surface area contributed by atoms with E-state index < -0.39 is 0 Å². The maximum atomic E-state index is 5.76. The van der Waals surface area contributed by atoms with Gasteiger partial charge >= 0.3 is 0 Å². The maximum absolute atomic E-state index is 5.76. The van der Waals surface area contributed by atoms with E-state index in [2.05, 4.69) is 26.1 Å². The van der Waals surface area contributed by atoms with E-state index in [1.807, 2.05) is 18.2 Å². The van der Waals surface area contributed by atoms with Crippen LogP contribution in [0, 0.1) is 0 Å². The number of benzene rings is 1. The highest BCUT2D eigenvalue weighted by molar-refractivity contribution is 9.10. The summed E-state index contributed by atoms with van der Waals surface area (Å²) in [6, 6.07) is 5.50. The third-order valence-corrected chi connectivity index (χ3v) is 3.65. The number of hydrogen-bond acceptors (Lipinski definition) is 5. The molecule has 2 N–H and O–H groups in total. The van der Waals surface area contributed by atoms with Gasteiger partial charge in [-0.2, -0.15) is 4.98 Å². The first-order valence-electron chi connectivity index (χ1n) is 5.71. The van der Waals surface area contributed by atoms with Gasteiger partial charge in [-0.3, -0.25) is 0 Å². The minimum atomic E-state index is 0.238. The van der Waals surface area contributed by atoms with Gasteiger partial charge in [0.2, 0.25) is 0 Å². The van der Waals surface area contributed by atoms with E-state index in [0.717, 1.165) is 23.1 Å². The number of rotatable bonds is 2. The lowest BCUT2D eigenvalue weighted by Gasteiger charge is -2.00. The summed E-state index contributed by atoms with van der Waals surface area (Å²) < 4.78 is 11.5. The van der Waals surface area contributed by atoms with Crippen molar-refractivity contribution in [2.24, 2.45) is 0 Å². The third-order valence-electron chi connectivity index (χ3n) is 2.96. The van der Waals surface area contributed by atoms with Crippen molar-refractivity contribution in [3.05, 3.63) is 28.5 Å². The maximum Gasteiger partial charge on any atom is 0.259 e. The summed E-state index contributed by atoms with van der Waals surface area (Å²) in [6.45, 7) is 1.42. The van der Waals surface area contributed by atoms with Gasteiger partial charge in [0.25, 0.3) is 5.89 Å². The normalized spacial score (nSPS) is 19.3. The molecular weight excluding hydrogens is 298 g/mol. The quantitative estimate of drug-likeness (QED) is 0.863. The summed E-state index contributed by atoms with van der Waals surface area (Å²) in [4.78, 5) is 4.42. The first kappa shape index (κ1) is 11.7. The van der Waals surface area contributed by atoms with Gasteiger partial charge in [0.1, 0.15) is 0 Å². The van der Waals surface area contributed by atoms with E-state index in [-0.39, 0.29) is 5.92 Å². The summed E-state index contributed by atoms with van der Waals surface area (Å²) in [5, 5.41) is 4.02. The van der Waals surface area contributed by atoms with E-state index in [1.54, 1.807) is 0 Å². The van der Waals surface area contributed by atoms with E-state index in [0.29, 0.717) is 24.0 Å². The van der Waals surface area contributed by atoms with Gasteiger partial charge in [-0.25, -0.2) is 0 Å². The highest BCUT2D eigenvalue weighted by Gasteiger charge is 2.23. The van der Waals surface area contributed by atoms with Crippen molar-refractivity contribution in [2.45, 2.75) is 12.3 Å². The Kier molecular flexibility index (Phi) is 3.05. The van der Waals surface area contributed by atoms with Crippen molar-refractivity contribution in [1.29, 1.82) is 0 Å². The van der Waals surface area contributed by atoms with Gasteiger partial charge in [-0.15, -0.1) is 0 Å². The smallest absolute Gasteiger partial charge is 0.259 e. The Labute approximate surface area is 112 Å². The Morgan fingerprint density at radius 3 is 3.06 bits per heavy atom. The molecular formula is C12H12BrN3O2. The van der Waals surface area contributed by atoms with Gasteiger partial charge in [-0.1, -0.05) is 5.16 Å². The zero-order valence-corrected chi connectivity index (χ0v) is 11.2. The molecule has 3 rings (SSSR count). The molecule has 6 heteroatoms. The average molecular weight is 310 g/mol. The van der Waals surface area contributed by atoms with Gasteiger partial charge in [-0.05, 0) is 40.5 Å². The average Bonchev–Trinajstić information content (AvgIpc) is 3.00. The number of hydrogen-bond donors (Lipinski definition) is 1. The highest BCUT2D eigenvalue weighted by Crippen LogP contribution is 2.31. The fourth-order valence-electron chi connectivity index (χ4n) is 1.96. The monoisotopic (exact) mass is 309 g/mol. The van der Waals surface area contributed by atoms with Gasteiger partial charge in [0.15, 0.2) is 5.82 Å². The predicted molar refractivity (Wildman–Crippen MR) is 70.0 cm³/mol. The second kappa shape index (κ2) is 4.70. The Bertz CT molecular complexity index is 564. The fourth-order valence-corrected chi connectivity index (χ4v) is 2.37. The summed E-state index contributed by atoms with van der Waals surface area (Å²) in [5.74, 6) is 1.43. The van der Waals surface area contributed by atoms with Crippen LogP contribution in [0.25, 0.3) is 11.5 Å². The Morgan fingerprint density at radius 2 is 2.28 bits per heavy atom. The molecule has 1 aliphatic heterocycles. The van der Waals surface area contributed by atoms with Crippen molar-refractivity contribution in [3.8, 4) is 11.5 Å². The molecule has 1 aromatic carbocycles. The standard InChI is InChI=1S/C12H12BrN3O2/c13-10-2-1-8(14)5-9(10)12-15-11(16-18-12)7-3-4-17-6-7/h1-2,5,7H,3-4,6,14H2. The summed E-state index contributed by atoms with van der Waals surface area (Å²) in [7, 11) is 0. The van der Waals surface area contributed by atoms with Crippen LogP contribution in [0.4, 0.5) is 5.69 Å². The van der Waals surface area contributed by atoms with Crippen molar-refractivity contribution in [3.63, 3.8) is 0 Å². The lowest BCUT2D eigenvalue weighted by Crippen LogP contribution is -1.99. The van der Waals surface area contributed by atoms with Crippen molar-refractivity contribution < 1.29 is 9.26 Å². The van der Waals surface area contributed by atoms with Crippen LogP contribution in [-0.4, -0.2) is 23.4 Å². The minimum absolute atomic E-state index is 0.238. The van der Waals surface area contributed by atoms with Crippen LogP contribution in [0.2, 0.25) is 0 Å². The molecule has 0 bridgehead atoms. The Hall–Kier alpha value is -1.40. The molecule has 0 spiro atoms. The van der Waals surface area contributed by atoms with E-state index >= 15 is 0 Å². The molecule has 1 aliphatic rings. The first-order valence-corrected chi connectivity index (χ1v) is 6.50. The van der Waals surface area contributed by atoms with Crippen molar-refractivity contribution >= 4 is 21.6 Å². The van der Waals surface area contributed by atoms with E-state index in [1.165, 1.54) is 0 Å². The van der Waals surface area contributed by atoms with Gasteiger partial charge < -0.3 is 15.0 Å². The first-order chi connectivity index (χ1) is 8.74. The zero-order chi connectivity index (χ0) is 12.5. The lowest BCUT2D eigenvalue weighted by atomic mass is 10.1. The molecule has 1 aromatic heterocycles. The van der Waals surface area contributed by atoms with Crippen LogP contribution in [0.15, 0.2) is 27.2 Å². The second-order valence-corrected chi connectivity index (χ2v) is 5.11. The molecule has 1 saturated heterocycles. The van der Waals surface area contributed by atoms with Crippen molar-refractivity contribution in [2.75, 3.05) is 18.9 Å². The minimum Gasteiger partial charge on any atom is -0.399 e. The molecule has 1 fully saturated rings. The van der Waals surface area contributed by atoms with Crippen LogP contribution >= 0.6 is 15.9 Å². The number of aromatic nitrogens is 2. The van der Waals surface area contributed by atoms with Gasteiger partial charge in [0.05, 0.1) is 12.2 Å². The molecule has 18 heavy (non-hydrogen) atoms. The predicted octanol–water partition coefficient (Wildman–Crippen LogP) is 2.59. The van der Waals surface area contributed by atoms with Crippen LogP contribution in [0.1, 0.15) is 18.2 Å². The molecule has 1 unspecified atom stereocenters. The van der Waals surface area contributed by atoms with Crippen LogP contribution in [0.3, 0.4) is 0 Å². The van der Waals surface area contributed by atoms with E-state index in [4.69, 9.17) is 15.0 Å². The summed E-state index contributed by atoms with van der Waals surface area (Å²) >= 11 is 3.45. The molecule has 0 radical (unpaired) electrons. The molecule has 2 aromatic rings. The zero-order valence-electron chi connectivity index (χ0n) is 9.60. The second-order valence-electron chi connectivity index (χ2n) is 4.26. The number of halogens is 1. The Morgan fingerprint density at radius 1 is 1.39 bits per heavy atom. The Balaban J connectivity index is 1.94. The SMILES string of the molecule is Nc1ccc(Br)c(-c2nc(C3CCOC3)no2)c1. The topological polar surface area (TPSA) is 74.2 Å². The largest absolute Gasteiger partial charge is 0.399 e. The molecule has 0 saturated carbocycles. The summed E-state index contributed by atoms with van der Waals surface area (Å²) in [5.41, 5.74) is 7.24. The number of anilines is 1. The number of ether oxygens (including phenoxy) is 1. The molecule has 1 atom stereocenters. The van der Waals surface area contributed by atoms with Crippen LogP contribution in [0.5, 0.6) is 0 Å². The third kappa shape index (κ3) is 2.13. The molecule has 0 amide bonds. The van der Waals surface area contributed by atoms with Crippen molar-refractivity contribution in [1.82, 2.24) is 10.1 Å². The molecule has 5 nitrogen and oxygen atoms in total. The molecule has 2 heterocycles. The fraction of sp³-hybridized carbons (Fsp3) is 0.333. The van der Waals surface area contributed by atoms with Crippen LogP contribution < -0.4 is 5.73 Å². The van der Waals surface area contributed by atoms with Crippen LogP contribution in [-0.2, 0) is 4.74 Å². The molecule has 94 valence electrons. The van der Waals surface area contributed by atoms with E-state index in [9.17, 15) is 0 Å². The van der Waals surface area contributed by atoms with Gasteiger partial charge in [0, 0.05) is 22.7 Å². The summed E-state index contributed by atoms with van der Waals surface area (Å²) in [6.07, 6.45) is 0.942. The number of nitrogens with zero attached hydrogens (tertiary/aromatic N) is 2. The number of nitrogens with two attached hydrogens (primary N) is 1.